The van der Waals surface area contributed by atoms with E-state index in [-0.39, 0.29) is 12.5 Å². The molecule has 0 spiro atoms. The second-order valence-electron chi connectivity index (χ2n) is 2.90. The van der Waals surface area contributed by atoms with E-state index >= 15 is 0 Å². The highest BCUT2D eigenvalue weighted by Gasteiger charge is 2.07. The first-order valence-corrected chi connectivity index (χ1v) is 4.97. The fraction of sp³-hybridized carbons (Fsp3) is 0.333. The quantitative estimate of drug-likeness (QED) is 0.794. The van der Waals surface area contributed by atoms with Gasteiger partial charge in [0, 0.05) is 6.54 Å². The number of hydrogen-bond donors (Lipinski definition) is 2. The molecule has 1 heterocycles. The highest BCUT2D eigenvalue weighted by Crippen LogP contribution is 2.05. The molecule has 1 atom stereocenters. The van der Waals surface area contributed by atoms with Crippen molar-refractivity contribution in [2.45, 2.75) is 13.0 Å². The Morgan fingerprint density at radius 1 is 1.71 bits per heavy atom. The molecule has 0 aliphatic heterocycles. The van der Waals surface area contributed by atoms with Crippen LogP contribution in [0.25, 0.3) is 0 Å². The molecular formula is C9H11BrN2O2. The van der Waals surface area contributed by atoms with Crippen LogP contribution in [0.15, 0.2) is 22.8 Å². The molecule has 4 nitrogen and oxygen atoms in total. The van der Waals surface area contributed by atoms with E-state index in [2.05, 4.69) is 26.2 Å². The average molecular weight is 259 g/mol. The molecule has 0 aromatic carbocycles. The smallest absolute Gasteiger partial charge is 0.270 e. The summed E-state index contributed by atoms with van der Waals surface area (Å²) in [6, 6.07) is 5.09. The van der Waals surface area contributed by atoms with Gasteiger partial charge in [-0.05, 0) is 35.0 Å². The number of aromatic nitrogens is 1. The standard InChI is InChI=1S/C9H11BrN2O2/c1-6(13)5-11-9(14)7-3-2-4-8(10)12-7/h2-4,6,13H,5H2,1H3,(H,11,14)/t6-/m0/s1. The van der Waals surface area contributed by atoms with Crippen molar-refractivity contribution in [3.05, 3.63) is 28.5 Å². The zero-order chi connectivity index (χ0) is 10.6. The summed E-state index contributed by atoms with van der Waals surface area (Å²) in [6.45, 7) is 1.83. The summed E-state index contributed by atoms with van der Waals surface area (Å²) in [5.41, 5.74) is 0.333. The largest absolute Gasteiger partial charge is 0.392 e. The molecular weight excluding hydrogens is 248 g/mol. The number of nitrogens with one attached hydrogen (secondary N) is 1. The zero-order valence-corrected chi connectivity index (χ0v) is 9.28. The molecule has 0 bridgehead atoms. The lowest BCUT2D eigenvalue weighted by molar-refractivity contribution is 0.0919. The first-order chi connectivity index (χ1) is 6.59. The highest BCUT2D eigenvalue weighted by molar-refractivity contribution is 9.10. The highest BCUT2D eigenvalue weighted by atomic mass is 79.9. The van der Waals surface area contributed by atoms with Gasteiger partial charge in [0.25, 0.3) is 5.91 Å². The van der Waals surface area contributed by atoms with E-state index in [0.717, 1.165) is 0 Å². The normalized spacial score (nSPS) is 12.2. The molecule has 0 saturated heterocycles. The molecule has 0 aliphatic rings. The average Bonchev–Trinajstić information content (AvgIpc) is 2.14. The zero-order valence-electron chi connectivity index (χ0n) is 7.70. The third-order valence-corrected chi connectivity index (χ3v) is 1.95. The minimum absolute atomic E-state index is 0.229. The Balaban J connectivity index is 2.61. The third kappa shape index (κ3) is 3.43. The molecule has 1 aromatic rings. The number of rotatable bonds is 3. The van der Waals surface area contributed by atoms with Crippen molar-refractivity contribution in [1.82, 2.24) is 10.3 Å². The summed E-state index contributed by atoms with van der Waals surface area (Å²) >= 11 is 3.17. The molecule has 0 aliphatic carbocycles. The summed E-state index contributed by atoms with van der Waals surface area (Å²) < 4.78 is 0.613. The fourth-order valence-electron chi connectivity index (χ4n) is 0.866. The molecule has 0 saturated carbocycles. The van der Waals surface area contributed by atoms with Gasteiger partial charge in [0.15, 0.2) is 0 Å². The second kappa shape index (κ2) is 5.07. The van der Waals surface area contributed by atoms with Crippen molar-refractivity contribution in [2.75, 3.05) is 6.54 Å². The predicted octanol–water partition coefficient (Wildman–Crippen LogP) is 0.955. The molecule has 0 unspecified atom stereocenters. The van der Waals surface area contributed by atoms with Crippen molar-refractivity contribution in [3.63, 3.8) is 0 Å². The number of nitrogens with zero attached hydrogens (tertiary/aromatic N) is 1. The van der Waals surface area contributed by atoms with Crippen LogP contribution in [0, 0.1) is 0 Å². The lowest BCUT2D eigenvalue weighted by Gasteiger charge is -2.06. The van der Waals surface area contributed by atoms with Crippen LogP contribution < -0.4 is 5.32 Å². The Labute approximate surface area is 90.5 Å². The number of hydrogen-bond acceptors (Lipinski definition) is 3. The van der Waals surface area contributed by atoms with Crippen LogP contribution in [-0.4, -0.2) is 28.6 Å². The molecule has 1 amide bonds. The van der Waals surface area contributed by atoms with Crippen molar-refractivity contribution < 1.29 is 9.90 Å². The van der Waals surface area contributed by atoms with Gasteiger partial charge < -0.3 is 10.4 Å². The Morgan fingerprint density at radius 3 is 3.00 bits per heavy atom. The Morgan fingerprint density at radius 2 is 2.43 bits per heavy atom. The monoisotopic (exact) mass is 258 g/mol. The van der Waals surface area contributed by atoms with Crippen molar-refractivity contribution in [3.8, 4) is 0 Å². The van der Waals surface area contributed by atoms with Crippen LogP contribution in [-0.2, 0) is 0 Å². The van der Waals surface area contributed by atoms with E-state index in [1.807, 2.05) is 0 Å². The summed E-state index contributed by atoms with van der Waals surface area (Å²) in [4.78, 5) is 15.4. The maximum Gasteiger partial charge on any atom is 0.270 e. The van der Waals surface area contributed by atoms with E-state index in [1.165, 1.54) is 0 Å². The lowest BCUT2D eigenvalue weighted by atomic mass is 10.3. The number of halogens is 1. The summed E-state index contributed by atoms with van der Waals surface area (Å²) in [7, 11) is 0. The molecule has 1 aromatic heterocycles. The van der Waals surface area contributed by atoms with Gasteiger partial charge in [0.1, 0.15) is 10.3 Å². The number of amides is 1. The maximum atomic E-state index is 11.4. The number of aliphatic hydroxyl groups is 1. The first-order valence-electron chi connectivity index (χ1n) is 4.18. The van der Waals surface area contributed by atoms with E-state index in [1.54, 1.807) is 25.1 Å². The summed E-state index contributed by atoms with van der Waals surface area (Å²) in [5.74, 6) is -0.285. The van der Waals surface area contributed by atoms with Gasteiger partial charge in [-0.2, -0.15) is 0 Å². The minimum atomic E-state index is -0.550. The van der Waals surface area contributed by atoms with Crippen LogP contribution in [0.1, 0.15) is 17.4 Å². The molecule has 14 heavy (non-hydrogen) atoms. The molecule has 2 N–H and O–H groups in total. The number of aliphatic hydroxyl groups excluding tert-OH is 1. The van der Waals surface area contributed by atoms with E-state index < -0.39 is 6.10 Å². The van der Waals surface area contributed by atoms with E-state index in [0.29, 0.717) is 10.3 Å². The Kier molecular flexibility index (Phi) is 4.03. The molecule has 76 valence electrons. The minimum Gasteiger partial charge on any atom is -0.392 e. The number of carbonyl (C=O) groups excluding carboxylic acids is 1. The molecule has 0 fully saturated rings. The number of carbonyl (C=O) groups is 1. The van der Waals surface area contributed by atoms with Gasteiger partial charge in [-0.3, -0.25) is 4.79 Å². The van der Waals surface area contributed by atoms with Crippen LogP contribution in [0.4, 0.5) is 0 Å². The van der Waals surface area contributed by atoms with E-state index in [9.17, 15) is 4.79 Å². The maximum absolute atomic E-state index is 11.4. The van der Waals surface area contributed by atoms with Crippen molar-refractivity contribution in [1.29, 1.82) is 0 Å². The lowest BCUT2D eigenvalue weighted by Crippen LogP contribution is -2.31. The first kappa shape index (κ1) is 11.1. The van der Waals surface area contributed by atoms with Crippen LogP contribution in [0.5, 0.6) is 0 Å². The van der Waals surface area contributed by atoms with E-state index in [4.69, 9.17) is 5.11 Å². The van der Waals surface area contributed by atoms with Crippen molar-refractivity contribution >= 4 is 21.8 Å². The molecule has 5 heteroatoms. The second-order valence-corrected chi connectivity index (χ2v) is 3.72. The van der Waals surface area contributed by atoms with Crippen LogP contribution in [0.3, 0.4) is 0 Å². The number of pyridine rings is 1. The van der Waals surface area contributed by atoms with Crippen LogP contribution >= 0.6 is 15.9 Å². The molecule has 1 rings (SSSR count). The van der Waals surface area contributed by atoms with Gasteiger partial charge in [-0.25, -0.2) is 4.98 Å². The topological polar surface area (TPSA) is 62.2 Å². The van der Waals surface area contributed by atoms with Gasteiger partial charge in [-0.15, -0.1) is 0 Å². The summed E-state index contributed by atoms with van der Waals surface area (Å²) in [5, 5.41) is 11.5. The van der Waals surface area contributed by atoms with Crippen molar-refractivity contribution in [2.24, 2.45) is 0 Å². The predicted molar refractivity (Wildman–Crippen MR) is 56.0 cm³/mol. The SMILES string of the molecule is C[C@H](O)CNC(=O)c1cccc(Br)n1. The van der Waals surface area contributed by atoms with Gasteiger partial charge in [-0.1, -0.05) is 6.07 Å². The fourth-order valence-corrected chi connectivity index (χ4v) is 1.21. The Bertz CT molecular complexity index is 328. The third-order valence-electron chi connectivity index (χ3n) is 1.51. The Hall–Kier alpha value is -0.940. The van der Waals surface area contributed by atoms with Gasteiger partial charge in [0.05, 0.1) is 6.10 Å². The summed E-state index contributed by atoms with van der Waals surface area (Å²) in [6.07, 6.45) is -0.550. The molecule has 0 radical (unpaired) electrons. The van der Waals surface area contributed by atoms with Crippen LogP contribution in [0.2, 0.25) is 0 Å². The van der Waals surface area contributed by atoms with Gasteiger partial charge in [0.2, 0.25) is 0 Å². The van der Waals surface area contributed by atoms with Gasteiger partial charge >= 0.3 is 0 Å².